The zero-order chi connectivity index (χ0) is 17.5. The van der Waals surface area contributed by atoms with E-state index in [0.29, 0.717) is 5.92 Å². The summed E-state index contributed by atoms with van der Waals surface area (Å²) in [7, 11) is -3.56. The van der Waals surface area contributed by atoms with Gasteiger partial charge in [0.1, 0.15) is 5.75 Å². The average molecular weight is 341 g/mol. The summed E-state index contributed by atoms with van der Waals surface area (Å²) in [4.78, 5) is 10.5. The van der Waals surface area contributed by atoms with Crippen LogP contribution in [-0.2, 0) is 21.1 Å². The Hall–Kier alpha value is -1.40. The number of aliphatic carboxylic acids is 1. The fourth-order valence-electron chi connectivity index (χ4n) is 2.55. The van der Waals surface area contributed by atoms with E-state index in [1.807, 2.05) is 0 Å². The molecule has 1 atom stereocenters. The Kier molecular flexibility index (Phi) is 7.72. The van der Waals surface area contributed by atoms with E-state index in [2.05, 4.69) is 50.4 Å². The summed E-state index contributed by atoms with van der Waals surface area (Å²) < 4.78 is 23.2. The predicted octanol–water partition coefficient (Wildman–Crippen LogP) is 2.43. The number of carbonyl (C=O) groups is 1. The van der Waals surface area contributed by atoms with Gasteiger partial charge in [-0.15, -0.1) is 0 Å². The van der Waals surface area contributed by atoms with E-state index in [-0.39, 0.29) is 18.3 Å². The van der Waals surface area contributed by atoms with E-state index < -0.39 is 21.6 Å². The van der Waals surface area contributed by atoms with Gasteiger partial charge in [0, 0.05) is 12.6 Å². The predicted molar refractivity (Wildman–Crippen MR) is 92.3 cm³/mol. The Labute approximate surface area is 139 Å². The lowest BCUT2D eigenvalue weighted by atomic mass is 9.94. The third-order valence-corrected chi connectivity index (χ3v) is 5.18. The zero-order valence-corrected chi connectivity index (χ0v) is 14.9. The van der Waals surface area contributed by atoms with Crippen molar-refractivity contribution < 1.29 is 18.3 Å². The molecule has 0 fully saturated rings. The van der Waals surface area contributed by atoms with Crippen LogP contribution in [0.25, 0.3) is 0 Å². The Bertz CT molecular complexity index is 594. The molecule has 0 aliphatic heterocycles. The molecule has 2 N–H and O–H groups in total. The number of aryl methyl sites for hydroxylation is 1. The molecule has 23 heavy (non-hydrogen) atoms. The topological polar surface area (TPSA) is 83.5 Å². The first-order valence-electron chi connectivity index (χ1n) is 7.99. The quantitative estimate of drug-likeness (QED) is 0.683. The van der Waals surface area contributed by atoms with Gasteiger partial charge in [-0.25, -0.2) is 8.42 Å². The number of rotatable bonds is 10. The second kappa shape index (κ2) is 9.03. The maximum absolute atomic E-state index is 11.6. The molecule has 0 aromatic heterocycles. The smallest absolute Gasteiger partial charge is 0.318 e. The van der Waals surface area contributed by atoms with E-state index in [9.17, 15) is 13.2 Å². The molecule has 0 saturated carbocycles. The highest BCUT2D eigenvalue weighted by molar-refractivity contribution is 7.92. The summed E-state index contributed by atoms with van der Waals surface area (Å²) in [5.74, 6) is -1.99. The van der Waals surface area contributed by atoms with Crippen LogP contribution in [-0.4, -0.2) is 37.5 Å². The van der Waals surface area contributed by atoms with Gasteiger partial charge >= 0.3 is 5.97 Å². The Morgan fingerprint density at radius 2 is 1.83 bits per heavy atom. The molecule has 1 aromatic rings. The monoisotopic (exact) mass is 341 g/mol. The molecule has 0 aliphatic carbocycles. The van der Waals surface area contributed by atoms with Crippen LogP contribution in [0.4, 0.5) is 0 Å². The largest absolute Gasteiger partial charge is 0.480 e. The summed E-state index contributed by atoms with van der Waals surface area (Å²) in [6, 6.07) is 8.42. The van der Waals surface area contributed by atoms with Crippen LogP contribution < -0.4 is 5.32 Å². The first kappa shape index (κ1) is 19.6. The van der Waals surface area contributed by atoms with Crippen molar-refractivity contribution in [2.24, 2.45) is 5.92 Å². The van der Waals surface area contributed by atoms with Crippen molar-refractivity contribution in [3.8, 4) is 0 Å². The molecule has 0 amide bonds. The zero-order valence-electron chi connectivity index (χ0n) is 14.1. The molecule has 6 heteroatoms. The number of sulfone groups is 1. The molecule has 5 nitrogen and oxygen atoms in total. The van der Waals surface area contributed by atoms with Crippen LogP contribution in [0.1, 0.15) is 44.4 Å². The minimum Gasteiger partial charge on any atom is -0.480 e. The molecule has 0 heterocycles. The first-order valence-corrected chi connectivity index (χ1v) is 9.81. The summed E-state index contributed by atoms with van der Waals surface area (Å²) >= 11 is 0. The van der Waals surface area contributed by atoms with Crippen molar-refractivity contribution in [1.82, 2.24) is 5.32 Å². The molecule has 1 rings (SSSR count). The van der Waals surface area contributed by atoms with Gasteiger partial charge in [0.05, 0.1) is 5.75 Å². The second-order valence-electron chi connectivity index (χ2n) is 6.15. The molecule has 1 unspecified atom stereocenters. The highest BCUT2D eigenvalue weighted by Gasteiger charge is 2.19. The Morgan fingerprint density at radius 3 is 2.30 bits per heavy atom. The molecule has 0 aliphatic rings. The van der Waals surface area contributed by atoms with Gasteiger partial charge in [0.2, 0.25) is 0 Å². The van der Waals surface area contributed by atoms with Crippen molar-refractivity contribution in [3.05, 3.63) is 35.4 Å². The molecule has 0 bridgehead atoms. The summed E-state index contributed by atoms with van der Waals surface area (Å²) in [5.41, 5.74) is 2.42. The molecule has 0 saturated heterocycles. The van der Waals surface area contributed by atoms with Crippen LogP contribution in [0.5, 0.6) is 0 Å². The van der Waals surface area contributed by atoms with E-state index in [1.165, 1.54) is 5.56 Å². The third kappa shape index (κ3) is 7.14. The van der Waals surface area contributed by atoms with Crippen LogP contribution in [0, 0.1) is 5.92 Å². The van der Waals surface area contributed by atoms with Gasteiger partial charge in [0.15, 0.2) is 9.84 Å². The SMILES string of the molecule is CCCc1ccc(C(NCCS(=O)(=O)CC(=O)O)C(C)C)cc1. The van der Waals surface area contributed by atoms with Gasteiger partial charge in [-0.05, 0) is 23.5 Å². The van der Waals surface area contributed by atoms with E-state index in [4.69, 9.17) is 5.11 Å². The lowest BCUT2D eigenvalue weighted by Gasteiger charge is -2.23. The van der Waals surface area contributed by atoms with E-state index in [1.54, 1.807) is 0 Å². The van der Waals surface area contributed by atoms with Gasteiger partial charge in [0.25, 0.3) is 0 Å². The molecule has 0 radical (unpaired) electrons. The highest BCUT2D eigenvalue weighted by Crippen LogP contribution is 2.22. The number of benzene rings is 1. The number of hydrogen-bond acceptors (Lipinski definition) is 4. The lowest BCUT2D eigenvalue weighted by molar-refractivity contribution is -0.134. The normalized spacial score (nSPS) is 13.2. The van der Waals surface area contributed by atoms with Gasteiger partial charge < -0.3 is 10.4 Å². The minimum atomic E-state index is -3.56. The Balaban J connectivity index is 2.67. The molecule has 1 aromatic carbocycles. The van der Waals surface area contributed by atoms with Crippen molar-refractivity contribution in [1.29, 1.82) is 0 Å². The number of carboxylic acid groups (broad SMARTS) is 1. The summed E-state index contributed by atoms with van der Waals surface area (Å²) in [5, 5.41) is 11.8. The fraction of sp³-hybridized carbons (Fsp3) is 0.588. The van der Waals surface area contributed by atoms with Crippen LogP contribution in [0.3, 0.4) is 0 Å². The molecular weight excluding hydrogens is 314 g/mol. The van der Waals surface area contributed by atoms with Crippen molar-refractivity contribution in [2.45, 2.75) is 39.7 Å². The van der Waals surface area contributed by atoms with Gasteiger partial charge in [-0.1, -0.05) is 51.5 Å². The number of carboxylic acids is 1. The minimum absolute atomic E-state index is 0.0469. The molecule has 130 valence electrons. The van der Waals surface area contributed by atoms with Crippen molar-refractivity contribution in [2.75, 3.05) is 18.1 Å². The number of nitrogens with one attached hydrogen (secondary N) is 1. The third-order valence-electron chi connectivity index (χ3n) is 3.66. The fourth-order valence-corrected chi connectivity index (χ4v) is 3.50. The van der Waals surface area contributed by atoms with Gasteiger partial charge in [-0.2, -0.15) is 0 Å². The maximum atomic E-state index is 11.6. The summed E-state index contributed by atoms with van der Waals surface area (Å²) in [6.45, 7) is 6.53. The van der Waals surface area contributed by atoms with Crippen LogP contribution in [0.2, 0.25) is 0 Å². The number of hydrogen-bond donors (Lipinski definition) is 2. The van der Waals surface area contributed by atoms with E-state index in [0.717, 1.165) is 18.4 Å². The summed E-state index contributed by atoms with van der Waals surface area (Å²) in [6.07, 6.45) is 2.15. The van der Waals surface area contributed by atoms with Crippen molar-refractivity contribution >= 4 is 15.8 Å². The van der Waals surface area contributed by atoms with Crippen LogP contribution in [0.15, 0.2) is 24.3 Å². The average Bonchev–Trinajstić information content (AvgIpc) is 2.43. The maximum Gasteiger partial charge on any atom is 0.318 e. The molecular formula is C17H27NO4S. The lowest BCUT2D eigenvalue weighted by Crippen LogP contribution is -2.32. The Morgan fingerprint density at radius 1 is 1.22 bits per heavy atom. The van der Waals surface area contributed by atoms with Crippen molar-refractivity contribution in [3.63, 3.8) is 0 Å². The highest BCUT2D eigenvalue weighted by atomic mass is 32.2. The second-order valence-corrected chi connectivity index (χ2v) is 8.34. The van der Waals surface area contributed by atoms with Crippen LogP contribution >= 0.6 is 0 Å². The van der Waals surface area contributed by atoms with Gasteiger partial charge in [-0.3, -0.25) is 4.79 Å². The molecule has 0 spiro atoms. The first-order chi connectivity index (χ1) is 10.7. The standard InChI is InChI=1S/C17H27NO4S/c1-4-5-14-6-8-15(9-7-14)17(13(2)3)18-10-11-23(21,22)12-16(19)20/h6-9,13,17-18H,4-5,10-12H2,1-3H3,(H,19,20). The van der Waals surface area contributed by atoms with E-state index >= 15 is 0 Å².